The zero-order valence-electron chi connectivity index (χ0n) is 18.8. The topological polar surface area (TPSA) is 12.9 Å². The van der Waals surface area contributed by atoms with Gasteiger partial charge in [-0.3, -0.25) is 4.98 Å². The second-order valence-electron chi connectivity index (χ2n) is 9.27. The Labute approximate surface area is 179 Å². The number of aromatic nitrogens is 1. The van der Waals surface area contributed by atoms with Gasteiger partial charge < -0.3 is 0 Å². The minimum absolute atomic E-state index is 0.938. The van der Waals surface area contributed by atoms with Gasteiger partial charge in [-0.2, -0.15) is 0 Å². The molecule has 1 aliphatic carbocycles. The van der Waals surface area contributed by atoms with E-state index in [2.05, 4.69) is 56.4 Å². The first kappa shape index (κ1) is 22.1. The van der Waals surface area contributed by atoms with Crippen LogP contribution in [-0.4, -0.2) is 4.98 Å². The Bertz CT molecular complexity index is 677. The van der Waals surface area contributed by atoms with E-state index < -0.39 is 0 Å². The molecular formula is C28H41N. The van der Waals surface area contributed by atoms with Crippen molar-refractivity contribution in [1.29, 1.82) is 0 Å². The maximum Gasteiger partial charge on any atom is 0.0702 e. The fourth-order valence-electron chi connectivity index (χ4n) is 4.93. The second kappa shape index (κ2) is 12.2. The molecule has 1 heteroatoms. The molecule has 0 aliphatic heterocycles. The SMILES string of the molecule is CCCCCCc1ccc(-c2ccc(CC[C@H]3CC[C@H](CCC)CC3)cn2)cc1. The highest BCUT2D eigenvalue weighted by molar-refractivity contribution is 5.59. The molecule has 1 saturated carbocycles. The summed E-state index contributed by atoms with van der Waals surface area (Å²) in [4.78, 5) is 4.77. The number of rotatable bonds is 11. The average molecular weight is 392 g/mol. The van der Waals surface area contributed by atoms with Crippen molar-refractivity contribution in [2.75, 3.05) is 0 Å². The maximum absolute atomic E-state index is 4.77. The molecule has 0 spiro atoms. The second-order valence-corrected chi connectivity index (χ2v) is 9.27. The summed E-state index contributed by atoms with van der Waals surface area (Å²) in [6.07, 6.45) is 19.8. The van der Waals surface area contributed by atoms with Crippen LogP contribution in [0.15, 0.2) is 42.6 Å². The molecule has 1 heterocycles. The molecule has 1 aromatic carbocycles. The minimum atomic E-state index is 0.938. The van der Waals surface area contributed by atoms with Gasteiger partial charge in [0.15, 0.2) is 0 Å². The van der Waals surface area contributed by atoms with Gasteiger partial charge >= 0.3 is 0 Å². The number of hydrogen-bond acceptors (Lipinski definition) is 1. The van der Waals surface area contributed by atoms with Crippen molar-refractivity contribution >= 4 is 0 Å². The number of pyridine rings is 1. The number of benzene rings is 1. The highest BCUT2D eigenvalue weighted by Crippen LogP contribution is 2.33. The van der Waals surface area contributed by atoms with Crippen LogP contribution in [0.25, 0.3) is 11.3 Å². The molecule has 29 heavy (non-hydrogen) atoms. The molecular weight excluding hydrogens is 350 g/mol. The lowest BCUT2D eigenvalue weighted by molar-refractivity contribution is 0.252. The molecule has 0 N–H and O–H groups in total. The standard InChI is InChI=1S/C28H41N/c1-3-5-6-7-9-24-16-19-27(20-17-24)28-21-18-26(22-29-28)15-14-25-12-10-23(8-4-2)11-13-25/h16-23,25H,3-15H2,1-2H3/t23-,25-. The van der Waals surface area contributed by atoms with E-state index in [0.717, 1.165) is 17.5 Å². The number of hydrogen-bond donors (Lipinski definition) is 0. The monoisotopic (exact) mass is 391 g/mol. The van der Waals surface area contributed by atoms with Crippen molar-refractivity contribution in [3.05, 3.63) is 53.7 Å². The summed E-state index contributed by atoms with van der Waals surface area (Å²) in [5.74, 6) is 1.95. The molecule has 0 atom stereocenters. The molecule has 0 saturated heterocycles. The third-order valence-corrected chi connectivity index (χ3v) is 6.90. The summed E-state index contributed by atoms with van der Waals surface area (Å²) in [5.41, 5.74) is 5.20. The highest BCUT2D eigenvalue weighted by atomic mass is 14.7. The van der Waals surface area contributed by atoms with E-state index in [4.69, 9.17) is 4.98 Å². The van der Waals surface area contributed by atoms with E-state index >= 15 is 0 Å². The Morgan fingerprint density at radius 3 is 2.00 bits per heavy atom. The molecule has 0 unspecified atom stereocenters. The van der Waals surface area contributed by atoms with E-state index in [1.165, 1.54) is 100 Å². The van der Waals surface area contributed by atoms with Gasteiger partial charge in [-0.15, -0.1) is 0 Å². The predicted octanol–water partition coefficient (Wildman–Crippen LogP) is 8.41. The highest BCUT2D eigenvalue weighted by Gasteiger charge is 2.20. The van der Waals surface area contributed by atoms with Gasteiger partial charge in [-0.05, 0) is 54.7 Å². The van der Waals surface area contributed by atoms with Crippen LogP contribution in [0.2, 0.25) is 0 Å². The Kier molecular flexibility index (Phi) is 9.25. The summed E-state index contributed by atoms with van der Waals surface area (Å²) >= 11 is 0. The zero-order valence-corrected chi connectivity index (χ0v) is 18.8. The Morgan fingerprint density at radius 2 is 1.38 bits per heavy atom. The molecule has 0 amide bonds. The lowest BCUT2D eigenvalue weighted by Gasteiger charge is -2.28. The molecule has 1 nitrogen and oxygen atoms in total. The molecule has 158 valence electrons. The van der Waals surface area contributed by atoms with Gasteiger partial charge in [0.05, 0.1) is 5.69 Å². The van der Waals surface area contributed by atoms with Crippen molar-refractivity contribution in [2.45, 2.75) is 97.3 Å². The lowest BCUT2D eigenvalue weighted by Crippen LogP contribution is -2.15. The Balaban J connectivity index is 1.44. The van der Waals surface area contributed by atoms with Gasteiger partial charge in [0.2, 0.25) is 0 Å². The Hall–Kier alpha value is -1.63. The molecule has 0 bridgehead atoms. The van der Waals surface area contributed by atoms with Crippen LogP contribution in [0.4, 0.5) is 0 Å². The number of aryl methyl sites for hydroxylation is 2. The van der Waals surface area contributed by atoms with Gasteiger partial charge in [0.1, 0.15) is 0 Å². The average Bonchev–Trinajstić information content (AvgIpc) is 2.77. The van der Waals surface area contributed by atoms with Crippen molar-refractivity contribution in [3.63, 3.8) is 0 Å². The van der Waals surface area contributed by atoms with E-state index in [-0.39, 0.29) is 0 Å². The van der Waals surface area contributed by atoms with E-state index in [1.54, 1.807) is 0 Å². The smallest absolute Gasteiger partial charge is 0.0702 e. The van der Waals surface area contributed by atoms with Crippen LogP contribution in [0.3, 0.4) is 0 Å². The van der Waals surface area contributed by atoms with Crippen LogP contribution >= 0.6 is 0 Å². The maximum atomic E-state index is 4.77. The van der Waals surface area contributed by atoms with Gasteiger partial charge in [-0.25, -0.2) is 0 Å². The van der Waals surface area contributed by atoms with Gasteiger partial charge in [0.25, 0.3) is 0 Å². The van der Waals surface area contributed by atoms with Crippen molar-refractivity contribution in [3.8, 4) is 11.3 Å². The summed E-state index contributed by atoms with van der Waals surface area (Å²) in [7, 11) is 0. The lowest BCUT2D eigenvalue weighted by atomic mass is 9.78. The number of nitrogens with zero attached hydrogens (tertiary/aromatic N) is 1. The van der Waals surface area contributed by atoms with Crippen LogP contribution in [0.5, 0.6) is 0 Å². The summed E-state index contributed by atoms with van der Waals surface area (Å²) < 4.78 is 0. The number of unbranched alkanes of at least 4 members (excludes halogenated alkanes) is 3. The minimum Gasteiger partial charge on any atom is -0.256 e. The van der Waals surface area contributed by atoms with Crippen LogP contribution in [0, 0.1) is 11.8 Å². The molecule has 0 radical (unpaired) electrons. The van der Waals surface area contributed by atoms with Crippen molar-refractivity contribution in [2.24, 2.45) is 11.8 Å². The molecule has 1 fully saturated rings. The van der Waals surface area contributed by atoms with E-state index in [0.29, 0.717) is 0 Å². The largest absolute Gasteiger partial charge is 0.256 e. The van der Waals surface area contributed by atoms with Gasteiger partial charge in [0, 0.05) is 11.8 Å². The molecule has 1 aliphatic rings. The fourth-order valence-corrected chi connectivity index (χ4v) is 4.93. The van der Waals surface area contributed by atoms with Crippen molar-refractivity contribution in [1.82, 2.24) is 4.98 Å². The predicted molar refractivity (Wildman–Crippen MR) is 126 cm³/mol. The van der Waals surface area contributed by atoms with E-state index in [9.17, 15) is 0 Å². The fraction of sp³-hybridized carbons (Fsp3) is 0.607. The normalized spacial score (nSPS) is 19.4. The van der Waals surface area contributed by atoms with Crippen LogP contribution < -0.4 is 0 Å². The van der Waals surface area contributed by atoms with Crippen molar-refractivity contribution < 1.29 is 0 Å². The van der Waals surface area contributed by atoms with E-state index in [1.807, 2.05) is 0 Å². The first-order valence-corrected chi connectivity index (χ1v) is 12.3. The summed E-state index contributed by atoms with van der Waals surface area (Å²) in [6, 6.07) is 13.6. The Morgan fingerprint density at radius 1 is 0.690 bits per heavy atom. The first-order chi connectivity index (χ1) is 14.3. The first-order valence-electron chi connectivity index (χ1n) is 12.3. The quantitative estimate of drug-likeness (QED) is 0.350. The molecule has 1 aromatic heterocycles. The van der Waals surface area contributed by atoms with Gasteiger partial charge in [-0.1, -0.05) is 102 Å². The summed E-state index contributed by atoms with van der Waals surface area (Å²) in [6.45, 7) is 4.59. The van der Waals surface area contributed by atoms with Crippen LogP contribution in [0.1, 0.15) is 95.6 Å². The zero-order chi connectivity index (χ0) is 20.3. The molecule has 2 aromatic rings. The third kappa shape index (κ3) is 7.28. The third-order valence-electron chi connectivity index (χ3n) is 6.90. The van der Waals surface area contributed by atoms with Crippen LogP contribution in [-0.2, 0) is 12.8 Å². The summed E-state index contributed by atoms with van der Waals surface area (Å²) in [5, 5.41) is 0. The molecule has 3 rings (SSSR count).